The van der Waals surface area contributed by atoms with Crippen molar-refractivity contribution in [1.82, 2.24) is 0 Å². The zero-order chi connectivity index (χ0) is 26.3. The van der Waals surface area contributed by atoms with Crippen LogP contribution in [0.5, 0.6) is 0 Å². The second-order valence-corrected chi connectivity index (χ2v) is 9.49. The molecule has 3 aromatic carbocycles. The Bertz CT molecular complexity index is 1480. The van der Waals surface area contributed by atoms with Crippen LogP contribution in [0.25, 0.3) is 0 Å². The third-order valence-corrected chi connectivity index (χ3v) is 7.43. The Morgan fingerprint density at radius 2 is 1.35 bits per heavy atom. The number of ether oxygens (including phenoxy) is 1. The second kappa shape index (κ2) is 7.84. The molecule has 0 aromatic heterocycles. The molecule has 0 N–H and O–H groups in total. The summed E-state index contributed by atoms with van der Waals surface area (Å²) in [6.45, 7) is 0. The molecule has 2 saturated heterocycles. The molecule has 2 aliphatic heterocycles. The molecule has 3 atom stereocenters. The van der Waals surface area contributed by atoms with Crippen LogP contribution in [0.1, 0.15) is 37.9 Å². The molecule has 3 aliphatic rings. The largest absolute Gasteiger partial charge is 0.416 e. The minimum atomic E-state index is -4.82. The van der Waals surface area contributed by atoms with Crippen molar-refractivity contribution >= 4 is 40.7 Å². The SMILES string of the molecule is O=C1[C@H]2[C@@H](c3ccccc3C(F)(F)F)OC3(C(=O)c4ccccc4C3=O)[C@H]2C(=O)N1c1ccc(Cl)cc1. The lowest BCUT2D eigenvalue weighted by atomic mass is 9.76. The van der Waals surface area contributed by atoms with E-state index in [-0.39, 0.29) is 16.8 Å². The number of carbonyl (C=O) groups excluding carboxylic acids is 4. The van der Waals surface area contributed by atoms with Crippen molar-refractivity contribution in [3.63, 3.8) is 0 Å². The van der Waals surface area contributed by atoms with Crippen LogP contribution in [0.3, 0.4) is 0 Å². The van der Waals surface area contributed by atoms with E-state index in [0.29, 0.717) is 5.02 Å². The van der Waals surface area contributed by atoms with Crippen LogP contribution < -0.4 is 4.90 Å². The summed E-state index contributed by atoms with van der Waals surface area (Å²) in [5, 5.41) is 0.330. The molecule has 0 radical (unpaired) electrons. The van der Waals surface area contributed by atoms with Crippen molar-refractivity contribution in [2.75, 3.05) is 4.90 Å². The number of halogens is 4. The Kier molecular flexibility index (Phi) is 4.99. The number of carbonyl (C=O) groups is 4. The van der Waals surface area contributed by atoms with E-state index in [0.717, 1.165) is 17.0 Å². The van der Waals surface area contributed by atoms with Crippen LogP contribution in [-0.4, -0.2) is 29.0 Å². The summed E-state index contributed by atoms with van der Waals surface area (Å²) in [5.41, 5.74) is -3.90. The molecule has 2 amide bonds. The van der Waals surface area contributed by atoms with Gasteiger partial charge >= 0.3 is 6.18 Å². The number of ketones is 2. The lowest BCUT2D eigenvalue weighted by Crippen LogP contribution is -2.51. The lowest BCUT2D eigenvalue weighted by molar-refractivity contribution is -0.141. The van der Waals surface area contributed by atoms with Crippen molar-refractivity contribution in [2.24, 2.45) is 11.8 Å². The van der Waals surface area contributed by atoms with E-state index in [1.54, 1.807) is 0 Å². The van der Waals surface area contributed by atoms with Crippen molar-refractivity contribution in [2.45, 2.75) is 17.9 Å². The van der Waals surface area contributed by atoms with Gasteiger partial charge in [0.2, 0.25) is 29.0 Å². The van der Waals surface area contributed by atoms with Gasteiger partial charge in [-0.15, -0.1) is 0 Å². The number of nitrogens with zero attached hydrogens (tertiary/aromatic N) is 1. The number of Topliss-reactive ketones (excluding diaryl/α,β-unsaturated/α-hetero) is 2. The van der Waals surface area contributed by atoms with E-state index in [4.69, 9.17) is 16.3 Å². The van der Waals surface area contributed by atoms with Gasteiger partial charge in [-0.05, 0) is 35.9 Å². The third-order valence-electron chi connectivity index (χ3n) is 7.18. The molecule has 2 heterocycles. The first-order valence-corrected chi connectivity index (χ1v) is 11.6. The highest BCUT2D eigenvalue weighted by atomic mass is 35.5. The van der Waals surface area contributed by atoms with Crippen LogP contribution in [-0.2, 0) is 20.5 Å². The molecule has 2 fully saturated rings. The molecule has 1 spiro atoms. The fraction of sp³-hybridized carbons (Fsp3) is 0.185. The van der Waals surface area contributed by atoms with Gasteiger partial charge in [-0.25, -0.2) is 4.90 Å². The summed E-state index contributed by atoms with van der Waals surface area (Å²) in [4.78, 5) is 55.8. The van der Waals surface area contributed by atoms with Gasteiger partial charge in [-0.1, -0.05) is 54.1 Å². The first-order valence-electron chi connectivity index (χ1n) is 11.2. The number of hydrogen-bond acceptors (Lipinski definition) is 5. The number of fused-ring (bicyclic) bond motifs is 3. The van der Waals surface area contributed by atoms with E-state index in [1.165, 1.54) is 60.7 Å². The molecule has 186 valence electrons. The minimum absolute atomic E-state index is 0.0128. The summed E-state index contributed by atoms with van der Waals surface area (Å²) >= 11 is 5.93. The van der Waals surface area contributed by atoms with Crippen LogP contribution >= 0.6 is 11.6 Å². The van der Waals surface area contributed by atoms with Crippen molar-refractivity contribution < 1.29 is 37.1 Å². The average molecular weight is 526 g/mol. The van der Waals surface area contributed by atoms with E-state index in [1.807, 2.05) is 0 Å². The van der Waals surface area contributed by atoms with Gasteiger partial charge in [-0.3, -0.25) is 19.2 Å². The number of anilines is 1. The molecule has 0 saturated carbocycles. The van der Waals surface area contributed by atoms with Gasteiger partial charge in [0.15, 0.2) is 0 Å². The highest BCUT2D eigenvalue weighted by Crippen LogP contribution is 2.58. The molecular formula is C27H15ClF3NO5. The van der Waals surface area contributed by atoms with E-state index in [2.05, 4.69) is 0 Å². The number of benzene rings is 3. The van der Waals surface area contributed by atoms with Gasteiger partial charge in [0.1, 0.15) is 0 Å². The summed E-state index contributed by atoms with van der Waals surface area (Å²) in [5.74, 6) is -6.68. The Morgan fingerprint density at radius 3 is 1.95 bits per heavy atom. The van der Waals surface area contributed by atoms with Gasteiger partial charge in [-0.2, -0.15) is 13.2 Å². The summed E-state index contributed by atoms with van der Waals surface area (Å²) in [6.07, 6.45) is -6.50. The molecule has 0 bridgehead atoms. The van der Waals surface area contributed by atoms with E-state index < -0.39 is 64.2 Å². The first-order chi connectivity index (χ1) is 17.6. The topological polar surface area (TPSA) is 80.8 Å². The van der Waals surface area contributed by atoms with Gasteiger partial charge in [0, 0.05) is 16.1 Å². The zero-order valence-electron chi connectivity index (χ0n) is 18.7. The maximum absolute atomic E-state index is 14.0. The standard InChI is InChI=1S/C27H15ClF3NO5/c28-13-9-11-14(12-10-13)32-24(35)19-20(25(32)36)26(22(33)15-5-1-2-6-16(15)23(26)34)37-21(19)17-7-3-4-8-18(17)27(29,30)31/h1-12,19-21H/t19-,20-,21-/m1/s1. The minimum Gasteiger partial charge on any atom is -0.349 e. The smallest absolute Gasteiger partial charge is 0.349 e. The Labute approximate surface area is 212 Å². The molecule has 1 aliphatic carbocycles. The first kappa shape index (κ1) is 23.6. The molecule has 10 heteroatoms. The average Bonchev–Trinajstić information content (AvgIpc) is 3.44. The Morgan fingerprint density at radius 1 is 0.784 bits per heavy atom. The fourth-order valence-corrected chi connectivity index (χ4v) is 5.77. The molecule has 6 nitrogen and oxygen atoms in total. The predicted octanol–water partition coefficient (Wildman–Crippen LogP) is 5.05. The number of alkyl halides is 3. The Hall–Kier alpha value is -3.82. The van der Waals surface area contributed by atoms with E-state index >= 15 is 0 Å². The molecule has 0 unspecified atom stereocenters. The maximum atomic E-state index is 14.0. The zero-order valence-corrected chi connectivity index (χ0v) is 19.4. The van der Waals surface area contributed by atoms with Gasteiger partial charge < -0.3 is 4.74 Å². The number of rotatable bonds is 2. The summed E-state index contributed by atoms with van der Waals surface area (Å²) in [7, 11) is 0. The number of amides is 2. The van der Waals surface area contributed by atoms with Crippen molar-refractivity contribution in [3.05, 3.63) is 100 Å². The van der Waals surface area contributed by atoms with Crippen LogP contribution in [0, 0.1) is 11.8 Å². The molecule has 6 rings (SSSR count). The van der Waals surface area contributed by atoms with Gasteiger partial charge in [0.25, 0.3) is 0 Å². The highest BCUT2D eigenvalue weighted by molar-refractivity contribution is 6.37. The number of hydrogen-bond donors (Lipinski definition) is 0. The van der Waals surface area contributed by atoms with Gasteiger partial charge in [0.05, 0.1) is 29.2 Å². The van der Waals surface area contributed by atoms with Crippen LogP contribution in [0.15, 0.2) is 72.8 Å². The van der Waals surface area contributed by atoms with Crippen LogP contribution in [0.4, 0.5) is 18.9 Å². The predicted molar refractivity (Wildman–Crippen MR) is 124 cm³/mol. The van der Waals surface area contributed by atoms with E-state index in [9.17, 15) is 32.3 Å². The maximum Gasteiger partial charge on any atom is 0.416 e. The van der Waals surface area contributed by atoms with Crippen LogP contribution in [0.2, 0.25) is 5.02 Å². The third kappa shape index (κ3) is 3.10. The number of imide groups is 1. The van der Waals surface area contributed by atoms with Crippen molar-refractivity contribution in [3.8, 4) is 0 Å². The molecule has 37 heavy (non-hydrogen) atoms. The molecular weight excluding hydrogens is 511 g/mol. The highest BCUT2D eigenvalue weighted by Gasteiger charge is 2.75. The Balaban J connectivity index is 1.57. The second-order valence-electron chi connectivity index (χ2n) is 9.05. The summed E-state index contributed by atoms with van der Waals surface area (Å²) in [6, 6.07) is 16.0. The summed E-state index contributed by atoms with van der Waals surface area (Å²) < 4.78 is 47.9. The normalized spacial score (nSPS) is 24.2. The molecule has 3 aromatic rings. The van der Waals surface area contributed by atoms with Crippen molar-refractivity contribution in [1.29, 1.82) is 0 Å². The monoisotopic (exact) mass is 525 g/mol. The fourth-order valence-electron chi connectivity index (χ4n) is 5.65. The lowest BCUT2D eigenvalue weighted by Gasteiger charge is -2.28. The quantitative estimate of drug-likeness (QED) is 0.345.